The Morgan fingerprint density at radius 2 is 1.80 bits per heavy atom. The van der Waals surface area contributed by atoms with Gasteiger partial charge in [0.25, 0.3) is 5.91 Å². The first-order valence-electron chi connectivity index (χ1n) is 5.96. The fourth-order valence-electron chi connectivity index (χ4n) is 1.73. The molecule has 0 saturated carbocycles. The largest absolute Gasteiger partial charge is 0.465 e. The summed E-state index contributed by atoms with van der Waals surface area (Å²) in [6.45, 7) is 0. The summed E-state index contributed by atoms with van der Waals surface area (Å²) in [4.78, 5) is 23.4. The van der Waals surface area contributed by atoms with E-state index in [1.165, 1.54) is 19.2 Å². The Morgan fingerprint density at radius 3 is 2.40 bits per heavy atom. The third-order valence-electron chi connectivity index (χ3n) is 2.75. The van der Waals surface area contributed by atoms with Crippen molar-refractivity contribution in [3.05, 3.63) is 59.7 Å². The highest BCUT2D eigenvalue weighted by molar-refractivity contribution is 6.05. The third-order valence-corrected chi connectivity index (χ3v) is 2.75. The highest BCUT2D eigenvalue weighted by atomic mass is 16.5. The number of amides is 1. The van der Waals surface area contributed by atoms with Crippen LogP contribution in [-0.2, 0) is 4.74 Å². The quantitative estimate of drug-likeness (QED) is 0.662. The van der Waals surface area contributed by atoms with Gasteiger partial charge in [0.05, 0.1) is 12.7 Å². The smallest absolute Gasteiger partial charge is 0.339 e. The molecule has 2 rings (SSSR count). The van der Waals surface area contributed by atoms with Gasteiger partial charge in [-0.3, -0.25) is 4.79 Å². The van der Waals surface area contributed by atoms with Crippen LogP contribution >= 0.6 is 0 Å². The molecule has 0 aliphatic heterocycles. The van der Waals surface area contributed by atoms with Crippen molar-refractivity contribution in [1.29, 1.82) is 0 Å². The van der Waals surface area contributed by atoms with Gasteiger partial charge in [-0.15, -0.1) is 0 Å². The molecule has 5 nitrogen and oxygen atoms in total. The number of nitrogen functional groups attached to an aromatic ring is 1. The number of nitrogens with one attached hydrogen (secondary N) is 1. The van der Waals surface area contributed by atoms with Crippen molar-refractivity contribution in [2.75, 3.05) is 18.2 Å². The second kappa shape index (κ2) is 5.88. The summed E-state index contributed by atoms with van der Waals surface area (Å²) in [5.41, 5.74) is 7.34. The van der Waals surface area contributed by atoms with Crippen LogP contribution in [0.4, 0.5) is 11.4 Å². The Bertz CT molecular complexity index is 639. The van der Waals surface area contributed by atoms with Crippen molar-refractivity contribution >= 4 is 23.3 Å². The summed E-state index contributed by atoms with van der Waals surface area (Å²) in [5.74, 6) is -0.751. The second-order valence-electron chi connectivity index (χ2n) is 4.11. The number of carbonyl (C=O) groups excluding carboxylic acids is 2. The van der Waals surface area contributed by atoms with E-state index in [0.29, 0.717) is 11.3 Å². The molecule has 0 radical (unpaired) electrons. The summed E-state index contributed by atoms with van der Waals surface area (Å²) < 4.78 is 4.60. The van der Waals surface area contributed by atoms with E-state index in [4.69, 9.17) is 5.73 Å². The number of hydrogen-bond donors (Lipinski definition) is 2. The lowest BCUT2D eigenvalue weighted by molar-refractivity contribution is 0.0602. The number of nitrogens with two attached hydrogens (primary N) is 1. The number of methoxy groups -OCH3 is 1. The van der Waals surface area contributed by atoms with Gasteiger partial charge in [-0.05, 0) is 30.3 Å². The van der Waals surface area contributed by atoms with E-state index in [9.17, 15) is 9.59 Å². The van der Waals surface area contributed by atoms with Crippen LogP contribution < -0.4 is 11.1 Å². The van der Waals surface area contributed by atoms with Gasteiger partial charge in [-0.1, -0.05) is 18.2 Å². The maximum atomic E-state index is 12.0. The number of hydrogen-bond acceptors (Lipinski definition) is 4. The number of esters is 1. The van der Waals surface area contributed by atoms with Crippen molar-refractivity contribution in [1.82, 2.24) is 0 Å². The van der Waals surface area contributed by atoms with Gasteiger partial charge >= 0.3 is 5.97 Å². The van der Waals surface area contributed by atoms with Crippen molar-refractivity contribution < 1.29 is 14.3 Å². The Labute approximate surface area is 116 Å². The summed E-state index contributed by atoms with van der Waals surface area (Å²) in [5, 5.41) is 2.71. The van der Waals surface area contributed by atoms with Crippen LogP contribution in [0.2, 0.25) is 0 Å². The molecule has 2 aromatic carbocycles. The minimum atomic E-state index is -0.511. The molecule has 0 unspecified atom stereocenters. The number of ether oxygens (including phenoxy) is 1. The predicted octanol–water partition coefficient (Wildman–Crippen LogP) is 2.31. The van der Waals surface area contributed by atoms with Crippen LogP contribution in [-0.4, -0.2) is 19.0 Å². The van der Waals surface area contributed by atoms with Crippen molar-refractivity contribution in [3.8, 4) is 0 Å². The van der Waals surface area contributed by atoms with Gasteiger partial charge in [0.15, 0.2) is 0 Å². The molecule has 0 aromatic heterocycles. The van der Waals surface area contributed by atoms with Gasteiger partial charge in [-0.25, -0.2) is 4.79 Å². The number of rotatable bonds is 3. The molecular weight excluding hydrogens is 256 g/mol. The van der Waals surface area contributed by atoms with Gasteiger partial charge in [0.2, 0.25) is 0 Å². The lowest BCUT2D eigenvalue weighted by Crippen LogP contribution is -2.12. The van der Waals surface area contributed by atoms with Crippen molar-refractivity contribution in [3.63, 3.8) is 0 Å². The average Bonchev–Trinajstić information content (AvgIpc) is 2.47. The first-order valence-corrected chi connectivity index (χ1v) is 5.96. The Balaban J connectivity index is 2.17. The number of benzene rings is 2. The summed E-state index contributed by atoms with van der Waals surface area (Å²) in [6, 6.07) is 13.5. The van der Waals surface area contributed by atoms with E-state index in [2.05, 4.69) is 10.1 Å². The van der Waals surface area contributed by atoms with Gasteiger partial charge in [0.1, 0.15) is 0 Å². The van der Waals surface area contributed by atoms with Crippen LogP contribution in [0.3, 0.4) is 0 Å². The molecule has 5 heteroatoms. The molecule has 0 aliphatic carbocycles. The lowest BCUT2D eigenvalue weighted by atomic mass is 10.1. The zero-order valence-corrected chi connectivity index (χ0v) is 10.9. The predicted molar refractivity (Wildman–Crippen MR) is 76.6 cm³/mol. The van der Waals surface area contributed by atoms with Gasteiger partial charge in [0, 0.05) is 16.9 Å². The first-order chi connectivity index (χ1) is 9.61. The highest BCUT2D eigenvalue weighted by Crippen LogP contribution is 2.19. The fraction of sp³-hybridized carbons (Fsp3) is 0.0667. The fourth-order valence-corrected chi connectivity index (χ4v) is 1.73. The molecule has 102 valence electrons. The molecule has 3 N–H and O–H groups in total. The maximum Gasteiger partial charge on any atom is 0.339 e. The van der Waals surface area contributed by atoms with Crippen LogP contribution in [0.25, 0.3) is 0 Å². The van der Waals surface area contributed by atoms with Crippen LogP contribution in [0.5, 0.6) is 0 Å². The van der Waals surface area contributed by atoms with E-state index in [1.54, 1.807) is 30.3 Å². The zero-order chi connectivity index (χ0) is 14.5. The van der Waals surface area contributed by atoms with Gasteiger partial charge < -0.3 is 15.8 Å². The molecule has 0 spiro atoms. The Kier molecular flexibility index (Phi) is 4.00. The number of anilines is 2. The molecule has 2 aromatic rings. The van der Waals surface area contributed by atoms with E-state index in [1.807, 2.05) is 6.07 Å². The molecule has 0 atom stereocenters. The maximum absolute atomic E-state index is 12.0. The first kappa shape index (κ1) is 13.6. The molecular formula is C15H14N2O3. The number of carbonyl (C=O) groups is 2. The average molecular weight is 270 g/mol. The highest BCUT2D eigenvalue weighted by Gasteiger charge is 2.11. The Morgan fingerprint density at radius 1 is 1.10 bits per heavy atom. The molecule has 0 bridgehead atoms. The minimum absolute atomic E-state index is 0.240. The third kappa shape index (κ3) is 2.95. The zero-order valence-electron chi connectivity index (χ0n) is 10.9. The summed E-state index contributed by atoms with van der Waals surface area (Å²) >= 11 is 0. The van der Waals surface area contributed by atoms with E-state index in [-0.39, 0.29) is 17.2 Å². The monoisotopic (exact) mass is 270 g/mol. The van der Waals surface area contributed by atoms with Crippen molar-refractivity contribution in [2.24, 2.45) is 0 Å². The van der Waals surface area contributed by atoms with E-state index < -0.39 is 5.97 Å². The van der Waals surface area contributed by atoms with Crippen LogP contribution in [0.1, 0.15) is 20.7 Å². The molecule has 1 amide bonds. The van der Waals surface area contributed by atoms with E-state index >= 15 is 0 Å². The van der Waals surface area contributed by atoms with Crippen LogP contribution in [0.15, 0.2) is 48.5 Å². The second-order valence-corrected chi connectivity index (χ2v) is 4.11. The SMILES string of the molecule is COC(=O)c1ccc(NC(=O)c2ccccc2)cc1N. The molecule has 0 aliphatic rings. The molecule has 20 heavy (non-hydrogen) atoms. The minimum Gasteiger partial charge on any atom is -0.465 e. The normalized spacial score (nSPS) is 9.85. The lowest BCUT2D eigenvalue weighted by Gasteiger charge is -2.08. The Hall–Kier alpha value is -2.82. The van der Waals surface area contributed by atoms with E-state index in [0.717, 1.165) is 0 Å². The molecule has 0 fully saturated rings. The summed E-state index contributed by atoms with van der Waals surface area (Å²) in [6.07, 6.45) is 0. The summed E-state index contributed by atoms with van der Waals surface area (Å²) in [7, 11) is 1.28. The van der Waals surface area contributed by atoms with Gasteiger partial charge in [-0.2, -0.15) is 0 Å². The topological polar surface area (TPSA) is 81.4 Å². The molecule has 0 saturated heterocycles. The van der Waals surface area contributed by atoms with Crippen LogP contribution in [0, 0.1) is 0 Å². The molecule has 0 heterocycles. The standard InChI is InChI=1S/C15H14N2O3/c1-20-15(19)12-8-7-11(9-13(12)16)17-14(18)10-5-3-2-4-6-10/h2-9H,16H2,1H3,(H,17,18). The van der Waals surface area contributed by atoms with Crippen molar-refractivity contribution in [2.45, 2.75) is 0 Å².